The normalized spacial score (nSPS) is 13.9. The van der Waals surface area contributed by atoms with Crippen LogP contribution in [0.1, 0.15) is 22.8 Å². The van der Waals surface area contributed by atoms with Crippen molar-refractivity contribution in [3.05, 3.63) is 41.5 Å². The van der Waals surface area contributed by atoms with Gasteiger partial charge in [0.25, 0.3) is 0 Å². The average Bonchev–Trinajstić information content (AvgIpc) is 2.27. The standard InChI is InChI=1S/C14H10O3/c1-7-6-11(17)14-10(16)5-3-8-2-4-9(15)12(7)13(8)14/h2-6,15-16H,1H3. The van der Waals surface area contributed by atoms with Gasteiger partial charge >= 0.3 is 0 Å². The molecule has 1 aliphatic rings. The fourth-order valence-electron chi connectivity index (χ4n) is 2.39. The van der Waals surface area contributed by atoms with Crippen LogP contribution in [0.15, 0.2) is 30.3 Å². The second-order valence-corrected chi connectivity index (χ2v) is 4.21. The second kappa shape index (κ2) is 3.10. The highest BCUT2D eigenvalue weighted by Gasteiger charge is 2.23. The van der Waals surface area contributed by atoms with Crippen molar-refractivity contribution in [3.8, 4) is 11.5 Å². The highest BCUT2D eigenvalue weighted by molar-refractivity contribution is 6.23. The van der Waals surface area contributed by atoms with Crippen molar-refractivity contribution in [1.29, 1.82) is 0 Å². The SMILES string of the molecule is CC1=CC(=O)c2c(O)ccc3ccc(O)c1c23. The van der Waals surface area contributed by atoms with Crippen molar-refractivity contribution >= 4 is 22.1 Å². The zero-order valence-electron chi connectivity index (χ0n) is 9.19. The average molecular weight is 226 g/mol. The Balaban J connectivity index is 2.62. The van der Waals surface area contributed by atoms with Gasteiger partial charge in [-0.3, -0.25) is 4.79 Å². The number of hydrogen-bond donors (Lipinski definition) is 2. The van der Waals surface area contributed by atoms with E-state index in [2.05, 4.69) is 0 Å². The van der Waals surface area contributed by atoms with Gasteiger partial charge in [0.05, 0.1) is 5.56 Å². The van der Waals surface area contributed by atoms with Crippen LogP contribution in [0, 0.1) is 0 Å². The molecule has 2 aromatic rings. The van der Waals surface area contributed by atoms with Crippen molar-refractivity contribution in [2.75, 3.05) is 0 Å². The van der Waals surface area contributed by atoms with Gasteiger partial charge in [-0.1, -0.05) is 12.1 Å². The predicted molar refractivity (Wildman–Crippen MR) is 65.3 cm³/mol. The molecule has 0 saturated heterocycles. The molecule has 0 heterocycles. The summed E-state index contributed by atoms with van der Waals surface area (Å²) in [5.41, 5.74) is 1.63. The quantitative estimate of drug-likeness (QED) is 0.726. The molecular formula is C14H10O3. The molecule has 3 heteroatoms. The summed E-state index contributed by atoms with van der Waals surface area (Å²) >= 11 is 0. The Hall–Kier alpha value is -2.29. The van der Waals surface area contributed by atoms with Crippen molar-refractivity contribution in [1.82, 2.24) is 0 Å². The Morgan fingerprint density at radius 2 is 1.53 bits per heavy atom. The van der Waals surface area contributed by atoms with Crippen molar-refractivity contribution < 1.29 is 15.0 Å². The number of hydrogen-bond acceptors (Lipinski definition) is 3. The molecule has 0 unspecified atom stereocenters. The summed E-state index contributed by atoms with van der Waals surface area (Å²) in [5.74, 6) is -0.132. The first-order valence-electron chi connectivity index (χ1n) is 5.30. The molecule has 17 heavy (non-hydrogen) atoms. The van der Waals surface area contributed by atoms with Gasteiger partial charge in [-0.25, -0.2) is 0 Å². The first-order chi connectivity index (χ1) is 8.09. The first kappa shape index (κ1) is 9.90. The molecule has 0 atom stereocenters. The largest absolute Gasteiger partial charge is 0.507 e. The number of carbonyl (C=O) groups excluding carboxylic acids is 1. The molecule has 2 N–H and O–H groups in total. The third kappa shape index (κ3) is 1.19. The topological polar surface area (TPSA) is 57.5 Å². The summed E-state index contributed by atoms with van der Waals surface area (Å²) in [6.07, 6.45) is 1.44. The van der Waals surface area contributed by atoms with E-state index in [9.17, 15) is 15.0 Å². The van der Waals surface area contributed by atoms with Crippen LogP contribution in [0.5, 0.6) is 11.5 Å². The number of phenols is 2. The number of allylic oxidation sites excluding steroid dienone is 2. The third-order valence-corrected chi connectivity index (χ3v) is 3.13. The fourth-order valence-corrected chi connectivity index (χ4v) is 2.39. The Morgan fingerprint density at radius 1 is 0.941 bits per heavy atom. The summed E-state index contributed by atoms with van der Waals surface area (Å²) in [4.78, 5) is 11.9. The van der Waals surface area contributed by atoms with E-state index in [4.69, 9.17) is 0 Å². The minimum atomic E-state index is -0.219. The van der Waals surface area contributed by atoms with Crippen molar-refractivity contribution in [2.45, 2.75) is 6.92 Å². The molecule has 0 bridgehead atoms. The second-order valence-electron chi connectivity index (χ2n) is 4.21. The summed E-state index contributed by atoms with van der Waals surface area (Å²) < 4.78 is 0. The fraction of sp³-hybridized carbons (Fsp3) is 0.0714. The number of rotatable bonds is 0. The molecule has 0 saturated carbocycles. The molecule has 84 valence electrons. The molecule has 0 radical (unpaired) electrons. The molecular weight excluding hydrogens is 216 g/mol. The highest BCUT2D eigenvalue weighted by atomic mass is 16.3. The molecule has 1 aliphatic carbocycles. The van der Waals surface area contributed by atoms with Crippen LogP contribution in [0.3, 0.4) is 0 Å². The molecule has 0 aromatic heterocycles. The number of carbonyl (C=O) groups is 1. The maximum Gasteiger partial charge on any atom is 0.190 e. The zero-order valence-corrected chi connectivity index (χ0v) is 9.19. The highest BCUT2D eigenvalue weighted by Crippen LogP contribution is 2.41. The molecule has 3 nitrogen and oxygen atoms in total. The van der Waals surface area contributed by atoms with Gasteiger partial charge < -0.3 is 10.2 Å². The smallest absolute Gasteiger partial charge is 0.190 e. The van der Waals surface area contributed by atoms with E-state index in [1.54, 1.807) is 25.1 Å². The Morgan fingerprint density at radius 3 is 2.18 bits per heavy atom. The van der Waals surface area contributed by atoms with Gasteiger partial charge in [-0.15, -0.1) is 0 Å². The first-order valence-corrected chi connectivity index (χ1v) is 5.30. The van der Waals surface area contributed by atoms with Gasteiger partial charge in [-0.2, -0.15) is 0 Å². The van der Waals surface area contributed by atoms with Crippen LogP contribution < -0.4 is 0 Å². The molecule has 2 aromatic carbocycles. The summed E-state index contributed by atoms with van der Waals surface area (Å²) in [6.45, 7) is 1.78. The minimum absolute atomic E-state index is 0.0434. The van der Waals surface area contributed by atoms with E-state index < -0.39 is 0 Å². The Bertz CT molecular complexity index is 691. The Labute approximate surface area is 97.6 Å². The lowest BCUT2D eigenvalue weighted by atomic mass is 9.87. The summed E-state index contributed by atoms with van der Waals surface area (Å²) in [5, 5.41) is 21.1. The summed E-state index contributed by atoms with van der Waals surface area (Å²) in [7, 11) is 0. The molecule has 0 spiro atoms. The van der Waals surface area contributed by atoms with E-state index in [0.717, 1.165) is 11.0 Å². The van der Waals surface area contributed by atoms with Gasteiger partial charge in [0.1, 0.15) is 11.5 Å². The number of benzene rings is 2. The molecule has 0 amide bonds. The number of aromatic hydroxyl groups is 2. The van der Waals surface area contributed by atoms with Gasteiger partial charge in [0, 0.05) is 10.9 Å². The van der Waals surface area contributed by atoms with E-state index >= 15 is 0 Å². The lowest BCUT2D eigenvalue weighted by molar-refractivity contribution is 0.104. The maximum atomic E-state index is 11.9. The number of ketones is 1. The van der Waals surface area contributed by atoms with Crippen LogP contribution >= 0.6 is 0 Å². The maximum absolute atomic E-state index is 11.9. The predicted octanol–water partition coefficient (Wildman–Crippen LogP) is 2.85. The van der Waals surface area contributed by atoms with Crippen LogP contribution in [0.25, 0.3) is 16.3 Å². The van der Waals surface area contributed by atoms with Crippen LogP contribution in [-0.2, 0) is 0 Å². The Kier molecular flexibility index (Phi) is 1.81. The molecule has 0 aliphatic heterocycles. The lowest BCUT2D eigenvalue weighted by Gasteiger charge is -2.17. The third-order valence-electron chi connectivity index (χ3n) is 3.13. The monoisotopic (exact) mass is 226 g/mol. The van der Waals surface area contributed by atoms with Crippen molar-refractivity contribution in [2.24, 2.45) is 0 Å². The minimum Gasteiger partial charge on any atom is -0.507 e. The van der Waals surface area contributed by atoms with Gasteiger partial charge in [-0.05, 0) is 36.1 Å². The van der Waals surface area contributed by atoms with E-state index in [-0.39, 0.29) is 22.8 Å². The van der Waals surface area contributed by atoms with Crippen LogP contribution in [0.4, 0.5) is 0 Å². The van der Waals surface area contributed by atoms with Crippen LogP contribution in [-0.4, -0.2) is 16.0 Å². The van der Waals surface area contributed by atoms with E-state index in [0.29, 0.717) is 10.9 Å². The molecule has 3 rings (SSSR count). The number of phenolic OH excluding ortho intramolecular Hbond substituents is 2. The zero-order chi connectivity index (χ0) is 12.2. The van der Waals surface area contributed by atoms with Gasteiger partial charge in [0.15, 0.2) is 5.78 Å². The van der Waals surface area contributed by atoms with Crippen LogP contribution in [0.2, 0.25) is 0 Å². The van der Waals surface area contributed by atoms with Crippen molar-refractivity contribution in [3.63, 3.8) is 0 Å². The van der Waals surface area contributed by atoms with Gasteiger partial charge in [0.2, 0.25) is 0 Å². The lowest BCUT2D eigenvalue weighted by Crippen LogP contribution is -2.05. The summed E-state index contributed by atoms with van der Waals surface area (Å²) in [6, 6.07) is 6.59. The van der Waals surface area contributed by atoms with E-state index in [1.807, 2.05) is 0 Å². The van der Waals surface area contributed by atoms with E-state index in [1.165, 1.54) is 12.1 Å². The molecule has 0 fully saturated rings.